The summed E-state index contributed by atoms with van der Waals surface area (Å²) in [6, 6.07) is 9.72. The van der Waals surface area contributed by atoms with Gasteiger partial charge in [-0.2, -0.15) is 0 Å². The summed E-state index contributed by atoms with van der Waals surface area (Å²) in [5.41, 5.74) is 1.53. The van der Waals surface area contributed by atoms with E-state index in [2.05, 4.69) is 28.7 Å². The fourth-order valence-electron chi connectivity index (χ4n) is 3.37. The number of rotatable bonds is 6. The molecule has 0 spiro atoms. The van der Waals surface area contributed by atoms with Crippen LogP contribution in [0.15, 0.2) is 30.3 Å². The molecule has 0 bridgehead atoms. The highest BCUT2D eigenvalue weighted by molar-refractivity contribution is 5.21. The van der Waals surface area contributed by atoms with Gasteiger partial charge in [-0.15, -0.1) is 0 Å². The Morgan fingerprint density at radius 1 is 1.24 bits per heavy atom. The maximum atomic E-state index is 10.9. The molecule has 1 atom stereocenters. The molecule has 0 aliphatic carbocycles. The predicted molar refractivity (Wildman–Crippen MR) is 98.7 cm³/mol. The normalized spacial score (nSPS) is 21.9. The summed E-state index contributed by atoms with van der Waals surface area (Å²) in [6.07, 6.45) is 3.40. The van der Waals surface area contributed by atoms with E-state index in [9.17, 15) is 5.11 Å². The van der Waals surface area contributed by atoms with Crippen LogP contribution in [0.25, 0.3) is 0 Å². The molecule has 0 saturated carbocycles. The third kappa shape index (κ3) is 4.83. The Bertz CT molecular complexity index is 671. The molecule has 1 saturated heterocycles. The molecule has 0 amide bonds. The largest absolute Gasteiger partial charge is 0.491 e. The van der Waals surface area contributed by atoms with Crippen molar-refractivity contribution in [3.8, 4) is 5.75 Å². The van der Waals surface area contributed by atoms with Gasteiger partial charge in [0.05, 0.1) is 11.3 Å². The molecule has 1 aliphatic heterocycles. The number of H-pyrrole nitrogens is 1. The molecule has 1 aromatic carbocycles. The van der Waals surface area contributed by atoms with E-state index >= 15 is 0 Å². The Balaban J connectivity index is 1.55. The van der Waals surface area contributed by atoms with Gasteiger partial charge in [0.2, 0.25) is 0 Å². The lowest BCUT2D eigenvalue weighted by Gasteiger charge is -2.27. The standard InChI is InChI=1S/C20H29N3O2/c1-3-19-21-16(2)18(22-19)14-23-12-7-10-20(24,11-13-23)15-25-17-8-5-4-6-9-17/h4-6,8-9,24H,3,7,10-15H2,1-2H3,(H,21,22). The van der Waals surface area contributed by atoms with Crippen LogP contribution in [0.1, 0.15) is 43.4 Å². The number of aromatic nitrogens is 2. The van der Waals surface area contributed by atoms with Crippen LogP contribution in [-0.2, 0) is 13.0 Å². The molecule has 1 aromatic heterocycles. The predicted octanol–water partition coefficient (Wildman–Crippen LogP) is 3.08. The molecule has 0 radical (unpaired) electrons. The molecule has 2 N–H and O–H groups in total. The van der Waals surface area contributed by atoms with Gasteiger partial charge in [0, 0.05) is 25.2 Å². The molecule has 1 fully saturated rings. The fraction of sp³-hybridized carbons (Fsp3) is 0.550. The van der Waals surface area contributed by atoms with Gasteiger partial charge >= 0.3 is 0 Å². The minimum absolute atomic E-state index is 0.353. The molecular weight excluding hydrogens is 314 g/mol. The quantitative estimate of drug-likeness (QED) is 0.846. The summed E-state index contributed by atoms with van der Waals surface area (Å²) in [4.78, 5) is 10.4. The molecule has 1 unspecified atom stereocenters. The first kappa shape index (κ1) is 18.0. The second kappa shape index (κ2) is 8.02. The number of aryl methyl sites for hydroxylation is 2. The minimum atomic E-state index is -0.750. The molecular formula is C20H29N3O2. The second-order valence-corrected chi connectivity index (χ2v) is 7.06. The molecule has 5 heteroatoms. The zero-order valence-electron chi connectivity index (χ0n) is 15.3. The van der Waals surface area contributed by atoms with E-state index in [1.54, 1.807) is 0 Å². The number of ether oxygens (including phenoxy) is 1. The van der Waals surface area contributed by atoms with E-state index in [1.807, 2.05) is 30.3 Å². The van der Waals surface area contributed by atoms with Crippen molar-refractivity contribution in [1.82, 2.24) is 14.9 Å². The van der Waals surface area contributed by atoms with Crippen molar-refractivity contribution in [1.29, 1.82) is 0 Å². The Kier molecular flexibility index (Phi) is 5.76. The Morgan fingerprint density at radius 3 is 2.76 bits per heavy atom. The van der Waals surface area contributed by atoms with Crippen molar-refractivity contribution in [2.75, 3.05) is 19.7 Å². The molecule has 25 heavy (non-hydrogen) atoms. The van der Waals surface area contributed by atoms with Gasteiger partial charge in [-0.05, 0) is 44.9 Å². The Hall–Kier alpha value is -1.85. The van der Waals surface area contributed by atoms with Crippen LogP contribution in [0.5, 0.6) is 5.75 Å². The van der Waals surface area contributed by atoms with E-state index in [0.717, 1.165) is 68.3 Å². The van der Waals surface area contributed by atoms with Crippen molar-refractivity contribution < 1.29 is 9.84 Å². The van der Waals surface area contributed by atoms with Crippen LogP contribution in [-0.4, -0.2) is 45.3 Å². The Morgan fingerprint density at radius 2 is 2.04 bits per heavy atom. The second-order valence-electron chi connectivity index (χ2n) is 7.06. The molecule has 2 aromatic rings. The summed E-state index contributed by atoms with van der Waals surface area (Å²) in [5, 5.41) is 10.9. The molecule has 136 valence electrons. The van der Waals surface area contributed by atoms with Gasteiger partial charge in [0.1, 0.15) is 18.2 Å². The first-order valence-electron chi connectivity index (χ1n) is 9.25. The number of hydrogen-bond acceptors (Lipinski definition) is 4. The van der Waals surface area contributed by atoms with Crippen LogP contribution in [0.3, 0.4) is 0 Å². The van der Waals surface area contributed by atoms with Crippen LogP contribution in [0.4, 0.5) is 0 Å². The monoisotopic (exact) mass is 343 g/mol. The summed E-state index contributed by atoms with van der Waals surface area (Å²) >= 11 is 0. The smallest absolute Gasteiger partial charge is 0.119 e. The van der Waals surface area contributed by atoms with Gasteiger partial charge in [0.25, 0.3) is 0 Å². The summed E-state index contributed by atoms with van der Waals surface area (Å²) in [5.74, 6) is 1.87. The number of likely N-dealkylation sites (tertiary alicyclic amines) is 1. The Labute approximate surface area is 150 Å². The first-order valence-corrected chi connectivity index (χ1v) is 9.25. The molecule has 5 nitrogen and oxygen atoms in total. The zero-order chi connectivity index (χ0) is 17.7. The topological polar surface area (TPSA) is 61.4 Å². The van der Waals surface area contributed by atoms with Crippen molar-refractivity contribution in [2.24, 2.45) is 0 Å². The van der Waals surface area contributed by atoms with E-state index in [1.165, 1.54) is 0 Å². The first-order chi connectivity index (χ1) is 12.1. The average Bonchev–Trinajstić information content (AvgIpc) is 2.87. The number of para-hydroxylation sites is 1. The minimum Gasteiger partial charge on any atom is -0.491 e. The average molecular weight is 343 g/mol. The maximum absolute atomic E-state index is 10.9. The van der Waals surface area contributed by atoms with Gasteiger partial charge in [-0.1, -0.05) is 25.1 Å². The van der Waals surface area contributed by atoms with Crippen LogP contribution >= 0.6 is 0 Å². The van der Waals surface area contributed by atoms with Gasteiger partial charge in [0.15, 0.2) is 0 Å². The van der Waals surface area contributed by atoms with E-state index < -0.39 is 5.60 Å². The number of nitrogens with zero attached hydrogens (tertiary/aromatic N) is 2. The highest BCUT2D eigenvalue weighted by Gasteiger charge is 2.31. The molecule has 3 rings (SSSR count). The number of nitrogens with one attached hydrogen (secondary N) is 1. The highest BCUT2D eigenvalue weighted by atomic mass is 16.5. The molecule has 2 heterocycles. The fourth-order valence-corrected chi connectivity index (χ4v) is 3.37. The van der Waals surface area contributed by atoms with E-state index in [-0.39, 0.29) is 0 Å². The van der Waals surface area contributed by atoms with Crippen molar-refractivity contribution in [2.45, 2.75) is 51.7 Å². The number of benzene rings is 1. The number of aliphatic hydroxyl groups is 1. The maximum Gasteiger partial charge on any atom is 0.119 e. The van der Waals surface area contributed by atoms with Crippen LogP contribution in [0.2, 0.25) is 0 Å². The molecule has 1 aliphatic rings. The van der Waals surface area contributed by atoms with Gasteiger partial charge in [-0.25, -0.2) is 4.98 Å². The van der Waals surface area contributed by atoms with E-state index in [4.69, 9.17) is 4.74 Å². The third-order valence-electron chi connectivity index (χ3n) is 5.00. The third-order valence-corrected chi connectivity index (χ3v) is 5.00. The lowest BCUT2D eigenvalue weighted by molar-refractivity contribution is -0.0168. The number of imidazole rings is 1. The van der Waals surface area contributed by atoms with Crippen LogP contribution in [0, 0.1) is 6.92 Å². The van der Waals surface area contributed by atoms with Gasteiger partial charge in [-0.3, -0.25) is 4.90 Å². The number of hydrogen-bond donors (Lipinski definition) is 2. The lowest BCUT2D eigenvalue weighted by Crippen LogP contribution is -2.37. The SMILES string of the molecule is CCc1nc(CN2CCCC(O)(COc3ccccc3)CC2)c(C)[nH]1. The summed E-state index contributed by atoms with van der Waals surface area (Å²) in [6.45, 7) is 7.25. The summed E-state index contributed by atoms with van der Waals surface area (Å²) in [7, 11) is 0. The summed E-state index contributed by atoms with van der Waals surface area (Å²) < 4.78 is 5.81. The van der Waals surface area contributed by atoms with Gasteiger partial charge < -0.3 is 14.8 Å². The van der Waals surface area contributed by atoms with Crippen molar-refractivity contribution >= 4 is 0 Å². The van der Waals surface area contributed by atoms with Crippen molar-refractivity contribution in [3.63, 3.8) is 0 Å². The van der Waals surface area contributed by atoms with E-state index in [0.29, 0.717) is 6.61 Å². The van der Waals surface area contributed by atoms with Crippen molar-refractivity contribution in [3.05, 3.63) is 47.5 Å². The van der Waals surface area contributed by atoms with Crippen LogP contribution < -0.4 is 4.74 Å². The highest BCUT2D eigenvalue weighted by Crippen LogP contribution is 2.25. The lowest BCUT2D eigenvalue weighted by atomic mass is 9.96. The zero-order valence-corrected chi connectivity index (χ0v) is 15.3. The number of aromatic amines is 1.